The smallest absolute Gasteiger partial charge is 0.370 e. The van der Waals surface area contributed by atoms with Crippen LogP contribution < -0.4 is 27.4 Å². The fourth-order valence-corrected chi connectivity index (χ4v) is 5.65. The Labute approximate surface area is 213 Å². The zero-order chi connectivity index (χ0) is 27.8. The average Bonchev–Trinajstić information content (AvgIpc) is 3.41. The molecule has 1 aromatic carbocycles. The number of hydrogen-bond acceptors (Lipinski definition) is 10. The molecule has 38 heavy (non-hydrogen) atoms. The highest BCUT2D eigenvalue weighted by molar-refractivity contribution is 6.02. The minimum absolute atomic E-state index is 0.0450. The maximum atomic E-state index is 13.3. The molecule has 16 heteroatoms. The molecule has 4 aliphatic heterocycles. The van der Waals surface area contributed by atoms with Crippen LogP contribution in [0.2, 0.25) is 0 Å². The summed E-state index contributed by atoms with van der Waals surface area (Å²) in [6.45, 7) is 0.914. The third-order valence-corrected chi connectivity index (χ3v) is 7.37. The molecule has 3 amide bonds. The summed E-state index contributed by atoms with van der Waals surface area (Å²) in [7, 11) is 0. The van der Waals surface area contributed by atoms with Crippen LogP contribution in [-0.2, 0) is 15.8 Å². The maximum absolute atomic E-state index is 13.3. The summed E-state index contributed by atoms with van der Waals surface area (Å²) in [5.41, 5.74) is 9.03. The number of hydrogen-bond donors (Lipinski definition) is 7. The van der Waals surface area contributed by atoms with Crippen molar-refractivity contribution in [1.82, 2.24) is 20.9 Å². The molecule has 0 aliphatic carbocycles. The first kappa shape index (κ1) is 25.7. The Morgan fingerprint density at radius 2 is 1.89 bits per heavy atom. The number of aliphatic hydroxyl groups is 2. The lowest BCUT2D eigenvalue weighted by atomic mass is 9.85. The summed E-state index contributed by atoms with van der Waals surface area (Å²) in [4.78, 5) is 42.7. The van der Waals surface area contributed by atoms with Gasteiger partial charge in [-0.05, 0) is 30.7 Å². The number of guanidine groups is 2. The predicted molar refractivity (Wildman–Crippen MR) is 123 cm³/mol. The van der Waals surface area contributed by atoms with Crippen LogP contribution in [0.5, 0.6) is 0 Å². The Balaban J connectivity index is 1.46. The number of carbonyl (C=O) groups excluding carboxylic acids is 3. The number of aryl methyl sites for hydroxylation is 1. The molecule has 13 nitrogen and oxygen atoms in total. The summed E-state index contributed by atoms with van der Waals surface area (Å²) >= 11 is 0. The molecule has 4 aliphatic rings. The van der Waals surface area contributed by atoms with Gasteiger partial charge in [0.25, 0.3) is 5.91 Å². The van der Waals surface area contributed by atoms with Gasteiger partial charge in [0.15, 0.2) is 5.96 Å². The minimum atomic E-state index is -4.69. The topological polar surface area (TPSA) is 198 Å². The van der Waals surface area contributed by atoms with Crippen LogP contribution in [0.1, 0.15) is 34.3 Å². The summed E-state index contributed by atoms with van der Waals surface area (Å²) in [6, 6.07) is -0.678. The number of aliphatic imine (C=N–C) groups is 1. The Kier molecular flexibility index (Phi) is 5.61. The third kappa shape index (κ3) is 3.74. The van der Waals surface area contributed by atoms with E-state index in [9.17, 15) is 37.8 Å². The lowest BCUT2D eigenvalue weighted by molar-refractivity contribution is -0.623. The van der Waals surface area contributed by atoms with Gasteiger partial charge < -0.3 is 26.6 Å². The van der Waals surface area contributed by atoms with Crippen molar-refractivity contribution in [2.24, 2.45) is 16.5 Å². The number of amides is 3. The molecule has 1 aromatic rings. The molecule has 5 rings (SSSR count). The van der Waals surface area contributed by atoms with Crippen molar-refractivity contribution in [2.75, 3.05) is 13.1 Å². The molecule has 2 saturated heterocycles. The van der Waals surface area contributed by atoms with Crippen molar-refractivity contribution in [2.45, 2.75) is 55.5 Å². The monoisotopic (exact) mass is 539 g/mol. The zero-order valence-electron chi connectivity index (χ0n) is 20.0. The normalized spacial score (nSPS) is 30.0. The van der Waals surface area contributed by atoms with E-state index in [1.165, 1.54) is 17.6 Å². The molecule has 1 unspecified atom stereocenters. The van der Waals surface area contributed by atoms with Crippen molar-refractivity contribution in [3.05, 3.63) is 34.9 Å². The quantitative estimate of drug-likeness (QED) is 0.120. The van der Waals surface area contributed by atoms with E-state index in [2.05, 4.69) is 20.9 Å². The molecule has 204 valence electrons. The van der Waals surface area contributed by atoms with E-state index >= 15 is 0 Å². The van der Waals surface area contributed by atoms with E-state index in [1.807, 2.05) is 0 Å². The van der Waals surface area contributed by atoms with Gasteiger partial charge in [-0.2, -0.15) is 13.2 Å². The molecule has 1 spiro atoms. The first-order chi connectivity index (χ1) is 17.6. The number of nitrogens with one attached hydrogen (secondary N) is 3. The Hall–Kier alpha value is -3.92. The highest BCUT2D eigenvalue weighted by atomic mass is 19.4. The summed E-state index contributed by atoms with van der Waals surface area (Å²) in [5.74, 6) is -4.87. The lowest BCUT2D eigenvalue weighted by Gasteiger charge is -2.44. The summed E-state index contributed by atoms with van der Waals surface area (Å²) in [6.07, 6.45) is -4.60. The van der Waals surface area contributed by atoms with Crippen molar-refractivity contribution >= 4 is 29.6 Å². The van der Waals surface area contributed by atoms with Gasteiger partial charge in [0.2, 0.25) is 23.3 Å². The molecular formula is C22H26F3N8O5+. The number of rotatable bonds is 4. The Morgan fingerprint density at radius 1 is 1.24 bits per heavy atom. The second-order valence-corrected chi connectivity index (χ2v) is 9.83. The summed E-state index contributed by atoms with van der Waals surface area (Å²) < 4.78 is 41.1. The van der Waals surface area contributed by atoms with Gasteiger partial charge in [-0.1, -0.05) is 0 Å². The molecule has 0 radical (unpaired) electrons. The standard InChI is InChI=1S/C22H25F3N8O5/c1-9-4-10(6-11(5-9)22(23,24)25)17(36)29-13-8-33-19(27)28-12(7-32-14(34)2-3-15(32)35)16-20(33,21(13,37)38)31-18(26)30-16/h4-6,12-13,16,37-38H,2-3,7-8H2,1H3,(H6,26,27,28,29,30,31,36)/p+1/t12-,13?,16-,20-/m0/s1. The van der Waals surface area contributed by atoms with Crippen LogP contribution in [0.4, 0.5) is 13.2 Å². The fourth-order valence-electron chi connectivity index (χ4n) is 5.65. The molecule has 9 N–H and O–H groups in total. The highest BCUT2D eigenvalue weighted by Crippen LogP contribution is 2.42. The van der Waals surface area contributed by atoms with E-state index in [0.29, 0.717) is 6.07 Å². The van der Waals surface area contributed by atoms with Gasteiger partial charge in [0, 0.05) is 18.4 Å². The SMILES string of the molecule is Cc1cc(C(=O)NC2C[N+]3=C(N)N[C@@H](CN4C(=O)CCC4=O)[C@@H]4N=C(N)N[C@@]43C2(O)O)cc(C(F)(F)F)c1. The molecule has 0 aromatic heterocycles. The molecule has 4 atom stereocenters. The van der Waals surface area contributed by atoms with Crippen LogP contribution >= 0.6 is 0 Å². The summed E-state index contributed by atoms with van der Waals surface area (Å²) in [5, 5.41) is 31.0. The van der Waals surface area contributed by atoms with Gasteiger partial charge in [0.1, 0.15) is 18.1 Å². The van der Waals surface area contributed by atoms with Gasteiger partial charge in [-0.3, -0.25) is 30.3 Å². The first-order valence-electron chi connectivity index (χ1n) is 11.7. The highest BCUT2D eigenvalue weighted by Gasteiger charge is 2.75. The second-order valence-electron chi connectivity index (χ2n) is 9.83. The third-order valence-electron chi connectivity index (χ3n) is 7.37. The van der Waals surface area contributed by atoms with E-state index < -0.39 is 59.0 Å². The van der Waals surface area contributed by atoms with Crippen LogP contribution in [0.25, 0.3) is 0 Å². The average molecular weight is 539 g/mol. The largest absolute Gasteiger partial charge is 0.416 e. The van der Waals surface area contributed by atoms with Crippen LogP contribution in [0.15, 0.2) is 23.2 Å². The van der Waals surface area contributed by atoms with E-state index in [0.717, 1.165) is 11.0 Å². The van der Waals surface area contributed by atoms with Crippen LogP contribution in [0, 0.1) is 6.92 Å². The Morgan fingerprint density at radius 3 is 2.53 bits per heavy atom. The van der Waals surface area contributed by atoms with Crippen molar-refractivity contribution < 1.29 is 42.3 Å². The van der Waals surface area contributed by atoms with Crippen molar-refractivity contribution in [3.63, 3.8) is 0 Å². The molecule has 2 fully saturated rings. The lowest BCUT2D eigenvalue weighted by Crippen LogP contribution is -2.79. The first-order valence-corrected chi connectivity index (χ1v) is 11.7. The van der Waals surface area contributed by atoms with Gasteiger partial charge in [0.05, 0.1) is 18.7 Å². The zero-order valence-corrected chi connectivity index (χ0v) is 20.0. The predicted octanol–water partition coefficient (Wildman–Crippen LogP) is -2.76. The number of benzene rings is 1. The Bertz CT molecular complexity index is 1300. The number of alkyl halides is 3. The molecular weight excluding hydrogens is 513 g/mol. The number of likely N-dealkylation sites (tertiary alicyclic amines) is 1. The molecule has 4 heterocycles. The number of carbonyl (C=O) groups is 3. The van der Waals surface area contributed by atoms with Gasteiger partial charge >= 0.3 is 12.1 Å². The van der Waals surface area contributed by atoms with E-state index in [-0.39, 0.29) is 49.0 Å². The van der Waals surface area contributed by atoms with Crippen molar-refractivity contribution in [1.29, 1.82) is 0 Å². The van der Waals surface area contributed by atoms with Crippen molar-refractivity contribution in [3.8, 4) is 0 Å². The number of halogens is 3. The molecule has 0 saturated carbocycles. The van der Waals surface area contributed by atoms with Crippen LogP contribution in [-0.4, -0.2) is 92.0 Å². The maximum Gasteiger partial charge on any atom is 0.416 e. The number of imide groups is 1. The minimum Gasteiger partial charge on any atom is -0.370 e. The fraction of sp³-hybridized carbons (Fsp3) is 0.500. The number of nitrogens with two attached hydrogens (primary N) is 2. The van der Waals surface area contributed by atoms with E-state index in [1.54, 1.807) is 0 Å². The van der Waals surface area contributed by atoms with Crippen LogP contribution in [0.3, 0.4) is 0 Å². The van der Waals surface area contributed by atoms with E-state index in [4.69, 9.17) is 11.5 Å². The number of nitrogens with zero attached hydrogens (tertiary/aromatic N) is 3. The van der Waals surface area contributed by atoms with Gasteiger partial charge in [-0.15, -0.1) is 0 Å². The second kappa shape index (κ2) is 8.29. The van der Waals surface area contributed by atoms with Gasteiger partial charge in [-0.25, -0.2) is 9.57 Å². The molecule has 0 bridgehead atoms.